The Kier molecular flexibility index (Phi) is 4.76. The van der Waals surface area contributed by atoms with Gasteiger partial charge < -0.3 is 15.6 Å². The zero-order valence-electron chi connectivity index (χ0n) is 15.7. The fourth-order valence-electron chi connectivity index (χ4n) is 3.21. The summed E-state index contributed by atoms with van der Waals surface area (Å²) < 4.78 is 0. The van der Waals surface area contributed by atoms with E-state index in [1.165, 1.54) is 12.5 Å². The molecule has 1 amide bonds. The molecule has 4 aromatic rings. The minimum Gasteiger partial charge on any atom is -0.363 e. The highest BCUT2D eigenvalue weighted by molar-refractivity contribution is 5.93. The zero-order chi connectivity index (χ0) is 19.5. The summed E-state index contributed by atoms with van der Waals surface area (Å²) in [6.45, 7) is 3.60. The SMILES string of the molecule is CC(=O)Nc1cccc(-c2cc3c(N[C@H](C)c4ccccc4)ncnc3[nH]2)c1. The van der Waals surface area contributed by atoms with Crippen molar-refractivity contribution in [1.29, 1.82) is 0 Å². The lowest BCUT2D eigenvalue weighted by Gasteiger charge is -2.15. The van der Waals surface area contributed by atoms with Gasteiger partial charge in [0.05, 0.1) is 5.39 Å². The van der Waals surface area contributed by atoms with Crippen LogP contribution in [0.1, 0.15) is 25.5 Å². The minimum atomic E-state index is -0.0963. The summed E-state index contributed by atoms with van der Waals surface area (Å²) in [6.07, 6.45) is 1.55. The predicted molar refractivity (Wildman–Crippen MR) is 112 cm³/mol. The first-order valence-corrected chi connectivity index (χ1v) is 9.13. The van der Waals surface area contributed by atoms with Crippen molar-refractivity contribution in [2.75, 3.05) is 10.6 Å². The molecule has 6 heteroatoms. The molecule has 0 saturated heterocycles. The molecule has 0 aliphatic heterocycles. The topological polar surface area (TPSA) is 82.7 Å². The van der Waals surface area contributed by atoms with E-state index >= 15 is 0 Å². The number of anilines is 2. The second-order valence-corrected chi connectivity index (χ2v) is 6.71. The molecule has 3 N–H and O–H groups in total. The van der Waals surface area contributed by atoms with Crippen LogP contribution in [0, 0.1) is 0 Å². The number of carbonyl (C=O) groups excluding carboxylic acids is 1. The van der Waals surface area contributed by atoms with Gasteiger partial charge in [0.2, 0.25) is 5.91 Å². The van der Waals surface area contributed by atoms with E-state index in [4.69, 9.17) is 0 Å². The molecule has 2 aromatic heterocycles. The Balaban J connectivity index is 1.67. The van der Waals surface area contributed by atoms with Crippen molar-refractivity contribution in [3.63, 3.8) is 0 Å². The lowest BCUT2D eigenvalue weighted by atomic mass is 10.1. The predicted octanol–water partition coefficient (Wildman–Crippen LogP) is 4.76. The maximum atomic E-state index is 11.3. The van der Waals surface area contributed by atoms with Crippen molar-refractivity contribution in [3.05, 3.63) is 72.6 Å². The normalized spacial score (nSPS) is 11.9. The molecule has 28 heavy (non-hydrogen) atoms. The van der Waals surface area contributed by atoms with Gasteiger partial charge in [-0.15, -0.1) is 0 Å². The fraction of sp³-hybridized carbons (Fsp3) is 0.136. The molecule has 0 aliphatic rings. The molecular formula is C22H21N5O. The highest BCUT2D eigenvalue weighted by Gasteiger charge is 2.12. The number of benzene rings is 2. The van der Waals surface area contributed by atoms with Crippen LogP contribution >= 0.6 is 0 Å². The molecular weight excluding hydrogens is 350 g/mol. The number of nitrogens with zero attached hydrogens (tertiary/aromatic N) is 2. The van der Waals surface area contributed by atoms with E-state index in [0.29, 0.717) is 0 Å². The summed E-state index contributed by atoms with van der Waals surface area (Å²) in [6, 6.07) is 20.1. The van der Waals surface area contributed by atoms with Crippen LogP contribution in [0.4, 0.5) is 11.5 Å². The molecule has 6 nitrogen and oxygen atoms in total. The van der Waals surface area contributed by atoms with Crippen LogP contribution < -0.4 is 10.6 Å². The number of amides is 1. The number of hydrogen-bond acceptors (Lipinski definition) is 4. The summed E-state index contributed by atoms with van der Waals surface area (Å²) in [4.78, 5) is 23.5. The Morgan fingerprint density at radius 2 is 1.86 bits per heavy atom. The number of H-pyrrole nitrogens is 1. The van der Waals surface area contributed by atoms with E-state index in [1.807, 2.05) is 48.5 Å². The average molecular weight is 371 g/mol. The van der Waals surface area contributed by atoms with Crippen LogP contribution in [0.3, 0.4) is 0 Å². The van der Waals surface area contributed by atoms with Gasteiger partial charge >= 0.3 is 0 Å². The maximum absolute atomic E-state index is 11.3. The third kappa shape index (κ3) is 3.71. The van der Waals surface area contributed by atoms with Crippen molar-refractivity contribution < 1.29 is 4.79 Å². The first-order chi connectivity index (χ1) is 13.6. The van der Waals surface area contributed by atoms with Crippen LogP contribution in [-0.4, -0.2) is 20.9 Å². The molecule has 2 heterocycles. The summed E-state index contributed by atoms with van der Waals surface area (Å²) in [7, 11) is 0. The van der Waals surface area contributed by atoms with Gasteiger partial charge in [0.1, 0.15) is 17.8 Å². The summed E-state index contributed by atoms with van der Waals surface area (Å²) in [5.74, 6) is 0.683. The molecule has 4 rings (SSSR count). The van der Waals surface area contributed by atoms with E-state index in [2.05, 4.69) is 44.6 Å². The van der Waals surface area contributed by atoms with Gasteiger partial charge in [-0.1, -0.05) is 42.5 Å². The number of aromatic amines is 1. The smallest absolute Gasteiger partial charge is 0.221 e. The molecule has 0 unspecified atom stereocenters. The van der Waals surface area contributed by atoms with Crippen molar-refractivity contribution in [2.24, 2.45) is 0 Å². The van der Waals surface area contributed by atoms with E-state index < -0.39 is 0 Å². The Hall–Kier alpha value is -3.67. The Bertz CT molecular complexity index is 1120. The Morgan fingerprint density at radius 1 is 1.04 bits per heavy atom. The maximum Gasteiger partial charge on any atom is 0.221 e. The Labute approximate surface area is 163 Å². The number of rotatable bonds is 5. The molecule has 0 aliphatic carbocycles. The van der Waals surface area contributed by atoms with Crippen molar-refractivity contribution in [3.8, 4) is 11.3 Å². The van der Waals surface area contributed by atoms with Gasteiger partial charge in [-0.2, -0.15) is 0 Å². The van der Waals surface area contributed by atoms with Crippen LogP contribution in [0.2, 0.25) is 0 Å². The first kappa shape index (κ1) is 17.7. The van der Waals surface area contributed by atoms with Crippen LogP contribution in [-0.2, 0) is 4.79 Å². The monoisotopic (exact) mass is 371 g/mol. The highest BCUT2D eigenvalue weighted by Crippen LogP contribution is 2.29. The second-order valence-electron chi connectivity index (χ2n) is 6.71. The lowest BCUT2D eigenvalue weighted by molar-refractivity contribution is -0.114. The number of nitrogens with one attached hydrogen (secondary N) is 3. The van der Waals surface area contributed by atoms with Crippen molar-refractivity contribution in [1.82, 2.24) is 15.0 Å². The van der Waals surface area contributed by atoms with E-state index in [9.17, 15) is 4.79 Å². The first-order valence-electron chi connectivity index (χ1n) is 9.13. The average Bonchev–Trinajstić information content (AvgIpc) is 3.14. The van der Waals surface area contributed by atoms with E-state index in [0.717, 1.165) is 33.8 Å². The quantitative estimate of drug-likeness (QED) is 0.472. The van der Waals surface area contributed by atoms with Crippen LogP contribution in [0.15, 0.2) is 67.0 Å². The van der Waals surface area contributed by atoms with E-state index in [-0.39, 0.29) is 11.9 Å². The van der Waals surface area contributed by atoms with Gasteiger partial charge in [0, 0.05) is 29.9 Å². The summed E-state index contributed by atoms with van der Waals surface area (Å²) >= 11 is 0. The molecule has 1 atom stereocenters. The molecule has 0 saturated carbocycles. The Morgan fingerprint density at radius 3 is 2.64 bits per heavy atom. The standard InChI is InChI=1S/C22H21N5O/c1-14(16-7-4-3-5-8-16)25-21-19-12-20(27-22(19)24-13-23-21)17-9-6-10-18(11-17)26-15(2)28/h3-14H,1-2H3,(H,26,28)(H2,23,24,25,27)/t14-/m1/s1. The van der Waals surface area contributed by atoms with Gasteiger partial charge in [-0.3, -0.25) is 4.79 Å². The zero-order valence-corrected chi connectivity index (χ0v) is 15.7. The number of hydrogen-bond donors (Lipinski definition) is 3. The summed E-state index contributed by atoms with van der Waals surface area (Å²) in [5.41, 5.74) is 4.58. The lowest BCUT2D eigenvalue weighted by Crippen LogP contribution is -2.08. The number of carbonyl (C=O) groups is 1. The molecule has 2 aromatic carbocycles. The summed E-state index contributed by atoms with van der Waals surface area (Å²) in [5, 5.41) is 7.21. The van der Waals surface area contributed by atoms with Crippen molar-refractivity contribution in [2.45, 2.75) is 19.9 Å². The number of aromatic nitrogens is 3. The molecule has 0 fully saturated rings. The molecule has 0 radical (unpaired) electrons. The van der Waals surface area contributed by atoms with Crippen LogP contribution in [0.25, 0.3) is 22.3 Å². The fourth-order valence-corrected chi connectivity index (χ4v) is 3.21. The molecule has 140 valence electrons. The van der Waals surface area contributed by atoms with E-state index in [1.54, 1.807) is 6.33 Å². The third-order valence-corrected chi connectivity index (χ3v) is 4.57. The number of fused-ring (bicyclic) bond motifs is 1. The molecule has 0 spiro atoms. The second kappa shape index (κ2) is 7.52. The molecule has 0 bridgehead atoms. The van der Waals surface area contributed by atoms with Crippen LogP contribution in [0.5, 0.6) is 0 Å². The van der Waals surface area contributed by atoms with Gasteiger partial charge in [-0.05, 0) is 30.7 Å². The van der Waals surface area contributed by atoms with Gasteiger partial charge in [0.25, 0.3) is 0 Å². The van der Waals surface area contributed by atoms with Gasteiger partial charge in [-0.25, -0.2) is 9.97 Å². The minimum absolute atomic E-state index is 0.0963. The van der Waals surface area contributed by atoms with Crippen molar-refractivity contribution >= 4 is 28.4 Å². The highest BCUT2D eigenvalue weighted by atomic mass is 16.1. The van der Waals surface area contributed by atoms with Gasteiger partial charge in [0.15, 0.2) is 0 Å². The largest absolute Gasteiger partial charge is 0.363 e. The third-order valence-electron chi connectivity index (χ3n) is 4.57.